The zero-order valence-electron chi connectivity index (χ0n) is 11.4. The van der Waals surface area contributed by atoms with Crippen LogP contribution in [-0.2, 0) is 9.47 Å². The maximum Gasteiger partial charge on any atom is 0.410 e. The zero-order chi connectivity index (χ0) is 13.2. The molecule has 0 N–H and O–H groups in total. The number of hydrogen-bond acceptors (Lipinski definition) is 3. The van der Waals surface area contributed by atoms with Crippen molar-refractivity contribution in [1.82, 2.24) is 4.90 Å². The molecule has 0 radical (unpaired) electrons. The molecule has 4 heteroatoms. The normalized spacial score (nSPS) is 20.1. The first-order valence-electron chi connectivity index (χ1n) is 6.46. The highest BCUT2D eigenvalue weighted by molar-refractivity contribution is 5.69. The van der Waals surface area contributed by atoms with Crippen molar-refractivity contribution in [2.45, 2.75) is 39.2 Å². The van der Waals surface area contributed by atoms with Gasteiger partial charge in [-0.1, -0.05) is 6.08 Å². The topological polar surface area (TPSA) is 38.8 Å². The molecule has 0 aromatic rings. The van der Waals surface area contributed by atoms with Crippen molar-refractivity contribution in [2.24, 2.45) is 0 Å². The standard InChI is InChI=1S/C14H21NO3/c1-14(2,3)18-13(16)15-8-9-17-12-7-5-4-6-11(12)10-15/h6-7H,4-5,8-10H2,1-3H3. The quantitative estimate of drug-likeness (QED) is 0.664. The van der Waals surface area contributed by atoms with E-state index in [0.29, 0.717) is 19.7 Å². The van der Waals surface area contributed by atoms with Gasteiger partial charge in [-0.2, -0.15) is 0 Å². The molecular formula is C14H21NO3. The number of carbonyl (C=O) groups is 1. The van der Waals surface area contributed by atoms with Crippen LogP contribution in [0.15, 0.2) is 23.5 Å². The molecule has 0 unspecified atom stereocenters. The monoisotopic (exact) mass is 251 g/mol. The average Bonchev–Trinajstić information content (AvgIpc) is 2.48. The van der Waals surface area contributed by atoms with Gasteiger partial charge < -0.3 is 14.4 Å². The minimum atomic E-state index is -0.455. The van der Waals surface area contributed by atoms with E-state index in [1.165, 1.54) is 0 Å². The van der Waals surface area contributed by atoms with Gasteiger partial charge in [0.2, 0.25) is 0 Å². The van der Waals surface area contributed by atoms with Gasteiger partial charge in [0.05, 0.1) is 13.1 Å². The summed E-state index contributed by atoms with van der Waals surface area (Å²) in [6, 6.07) is 0. The molecule has 100 valence electrons. The number of hydrogen-bond donors (Lipinski definition) is 0. The average molecular weight is 251 g/mol. The van der Waals surface area contributed by atoms with E-state index in [4.69, 9.17) is 9.47 Å². The second kappa shape index (κ2) is 5.04. The van der Waals surface area contributed by atoms with Crippen LogP contribution in [0.2, 0.25) is 0 Å². The van der Waals surface area contributed by atoms with E-state index in [0.717, 1.165) is 24.2 Å². The summed E-state index contributed by atoms with van der Waals surface area (Å²) in [5.74, 6) is 0.937. The van der Waals surface area contributed by atoms with Crippen LogP contribution in [0, 0.1) is 0 Å². The van der Waals surface area contributed by atoms with Crippen molar-refractivity contribution in [3.05, 3.63) is 23.5 Å². The Balaban J connectivity index is 2.04. The Morgan fingerprint density at radius 1 is 1.33 bits per heavy atom. The largest absolute Gasteiger partial charge is 0.492 e. The SMILES string of the molecule is CC(C)(C)OC(=O)N1CCOC2=CCCC=C2C1. The molecule has 0 aromatic carbocycles. The first-order valence-corrected chi connectivity index (χ1v) is 6.46. The summed E-state index contributed by atoms with van der Waals surface area (Å²) in [5.41, 5.74) is 0.647. The number of amides is 1. The fourth-order valence-corrected chi connectivity index (χ4v) is 2.03. The number of rotatable bonds is 0. The maximum absolute atomic E-state index is 12.0. The number of fused-ring (bicyclic) bond motifs is 1. The van der Waals surface area contributed by atoms with E-state index in [2.05, 4.69) is 12.2 Å². The summed E-state index contributed by atoms with van der Waals surface area (Å²) < 4.78 is 11.1. The van der Waals surface area contributed by atoms with Gasteiger partial charge in [-0.3, -0.25) is 0 Å². The smallest absolute Gasteiger partial charge is 0.410 e. The molecule has 1 saturated heterocycles. The summed E-state index contributed by atoms with van der Waals surface area (Å²) in [6.07, 6.45) is 6.03. The Kier molecular flexibility index (Phi) is 3.64. The summed E-state index contributed by atoms with van der Waals surface area (Å²) >= 11 is 0. The molecule has 0 saturated carbocycles. The molecule has 1 aliphatic heterocycles. The Labute approximate surface area is 108 Å². The van der Waals surface area contributed by atoms with Gasteiger partial charge in [-0.05, 0) is 39.7 Å². The lowest BCUT2D eigenvalue weighted by molar-refractivity contribution is 0.0254. The van der Waals surface area contributed by atoms with Crippen LogP contribution in [-0.4, -0.2) is 36.3 Å². The van der Waals surface area contributed by atoms with Crippen LogP contribution in [0.1, 0.15) is 33.6 Å². The third kappa shape index (κ3) is 3.28. The summed E-state index contributed by atoms with van der Waals surface area (Å²) in [4.78, 5) is 13.8. The lowest BCUT2D eigenvalue weighted by Crippen LogP contribution is -2.38. The zero-order valence-corrected chi connectivity index (χ0v) is 11.4. The van der Waals surface area contributed by atoms with Gasteiger partial charge in [0.15, 0.2) is 0 Å². The van der Waals surface area contributed by atoms with Gasteiger partial charge in [0.25, 0.3) is 0 Å². The number of nitrogens with zero attached hydrogens (tertiary/aromatic N) is 1. The van der Waals surface area contributed by atoms with Crippen LogP contribution in [0.5, 0.6) is 0 Å². The van der Waals surface area contributed by atoms with Gasteiger partial charge >= 0.3 is 6.09 Å². The molecule has 0 spiro atoms. The third-order valence-corrected chi connectivity index (χ3v) is 2.84. The van der Waals surface area contributed by atoms with E-state index >= 15 is 0 Å². The Bertz CT molecular complexity index is 390. The summed E-state index contributed by atoms with van der Waals surface area (Å²) in [6.45, 7) is 7.33. The van der Waals surface area contributed by atoms with Crippen molar-refractivity contribution in [2.75, 3.05) is 19.7 Å². The summed E-state index contributed by atoms with van der Waals surface area (Å²) in [7, 11) is 0. The lowest BCUT2D eigenvalue weighted by atomic mass is 10.1. The van der Waals surface area contributed by atoms with Gasteiger partial charge in [-0.25, -0.2) is 4.79 Å². The molecular weight excluding hydrogens is 230 g/mol. The van der Waals surface area contributed by atoms with Crippen molar-refractivity contribution in [1.29, 1.82) is 0 Å². The minimum Gasteiger partial charge on any atom is -0.492 e. The van der Waals surface area contributed by atoms with E-state index in [-0.39, 0.29) is 6.09 Å². The van der Waals surface area contributed by atoms with Crippen molar-refractivity contribution in [3.63, 3.8) is 0 Å². The number of allylic oxidation sites excluding steroid dienone is 2. The minimum absolute atomic E-state index is 0.265. The maximum atomic E-state index is 12.0. The molecule has 1 fully saturated rings. The van der Waals surface area contributed by atoms with Gasteiger partial charge in [0, 0.05) is 5.57 Å². The van der Waals surface area contributed by atoms with E-state index in [1.807, 2.05) is 20.8 Å². The van der Waals surface area contributed by atoms with Crippen molar-refractivity contribution >= 4 is 6.09 Å². The third-order valence-electron chi connectivity index (χ3n) is 2.84. The van der Waals surface area contributed by atoms with E-state index < -0.39 is 5.60 Å². The fraction of sp³-hybridized carbons (Fsp3) is 0.643. The highest BCUT2D eigenvalue weighted by Crippen LogP contribution is 2.24. The molecule has 1 aliphatic carbocycles. The molecule has 2 aliphatic rings. The van der Waals surface area contributed by atoms with Crippen molar-refractivity contribution in [3.8, 4) is 0 Å². The van der Waals surface area contributed by atoms with E-state index in [9.17, 15) is 4.79 Å². The highest BCUT2D eigenvalue weighted by Gasteiger charge is 2.26. The Hall–Kier alpha value is -1.45. The van der Waals surface area contributed by atoms with Crippen LogP contribution in [0.25, 0.3) is 0 Å². The van der Waals surface area contributed by atoms with Crippen molar-refractivity contribution < 1.29 is 14.3 Å². The molecule has 0 atom stereocenters. The summed E-state index contributed by atoms with van der Waals surface area (Å²) in [5, 5.41) is 0. The van der Waals surface area contributed by atoms with Gasteiger partial charge in [0.1, 0.15) is 18.0 Å². The van der Waals surface area contributed by atoms with E-state index in [1.54, 1.807) is 4.90 Å². The molecule has 0 bridgehead atoms. The first kappa shape index (κ1) is 13.0. The molecule has 2 rings (SSSR count). The van der Waals surface area contributed by atoms with Crippen LogP contribution < -0.4 is 0 Å². The first-order chi connectivity index (χ1) is 8.46. The number of ether oxygens (including phenoxy) is 2. The fourth-order valence-electron chi connectivity index (χ4n) is 2.03. The molecule has 1 heterocycles. The predicted octanol–water partition coefficient (Wildman–Crippen LogP) is 2.86. The molecule has 0 aromatic heterocycles. The van der Waals surface area contributed by atoms with Crippen LogP contribution >= 0.6 is 0 Å². The highest BCUT2D eigenvalue weighted by atomic mass is 16.6. The molecule has 4 nitrogen and oxygen atoms in total. The Morgan fingerprint density at radius 2 is 2.06 bits per heavy atom. The van der Waals surface area contributed by atoms with Crippen LogP contribution in [0.4, 0.5) is 4.79 Å². The molecule has 1 amide bonds. The lowest BCUT2D eigenvalue weighted by Gasteiger charge is -2.26. The van der Waals surface area contributed by atoms with Gasteiger partial charge in [-0.15, -0.1) is 0 Å². The predicted molar refractivity (Wildman–Crippen MR) is 69.2 cm³/mol. The van der Waals surface area contributed by atoms with Crippen LogP contribution in [0.3, 0.4) is 0 Å². The second-order valence-corrected chi connectivity index (χ2v) is 5.63. The second-order valence-electron chi connectivity index (χ2n) is 5.63. The Morgan fingerprint density at radius 3 is 2.78 bits per heavy atom. The number of carbonyl (C=O) groups excluding carboxylic acids is 1. The molecule has 18 heavy (non-hydrogen) atoms.